The summed E-state index contributed by atoms with van der Waals surface area (Å²) in [6.07, 6.45) is 4.19. The predicted molar refractivity (Wildman–Crippen MR) is 118 cm³/mol. The summed E-state index contributed by atoms with van der Waals surface area (Å²) < 4.78 is 6.62. The lowest BCUT2D eigenvalue weighted by atomic mass is 10.0. The normalized spacial score (nSPS) is 14.2. The average Bonchev–Trinajstić information content (AvgIpc) is 3.30. The molecule has 1 unspecified atom stereocenters. The van der Waals surface area contributed by atoms with Crippen LogP contribution in [-0.2, 0) is 35.2 Å². The van der Waals surface area contributed by atoms with Crippen LogP contribution in [0.5, 0.6) is 0 Å². The van der Waals surface area contributed by atoms with Crippen LogP contribution in [-0.4, -0.2) is 34.3 Å². The molecule has 0 spiro atoms. The van der Waals surface area contributed by atoms with Gasteiger partial charge in [0, 0.05) is 18.4 Å². The number of fused-ring (bicyclic) bond motifs is 3. The van der Waals surface area contributed by atoms with Crippen molar-refractivity contribution in [2.75, 3.05) is 13.7 Å². The minimum Gasteiger partial charge on any atom is -0.480 e. The third kappa shape index (κ3) is 3.91. The number of carbonyl (C=O) groups is 1. The molecule has 6 nitrogen and oxygen atoms in total. The number of aliphatic carboxylic acids is 1. The highest BCUT2D eigenvalue weighted by Crippen LogP contribution is 2.35. The second-order valence-corrected chi connectivity index (χ2v) is 8.95. The van der Waals surface area contributed by atoms with Crippen molar-refractivity contribution >= 4 is 27.5 Å². The van der Waals surface area contributed by atoms with E-state index < -0.39 is 12.0 Å². The van der Waals surface area contributed by atoms with Gasteiger partial charge in [-0.15, -0.1) is 11.3 Å². The molecule has 1 N–H and O–H groups in total. The van der Waals surface area contributed by atoms with Crippen molar-refractivity contribution in [2.24, 2.45) is 0 Å². The van der Waals surface area contributed by atoms with Crippen LogP contribution in [0.2, 0.25) is 0 Å². The van der Waals surface area contributed by atoms with Gasteiger partial charge in [0.25, 0.3) is 5.56 Å². The van der Waals surface area contributed by atoms with E-state index in [0.29, 0.717) is 37.1 Å². The van der Waals surface area contributed by atoms with Crippen LogP contribution in [0.4, 0.5) is 0 Å². The largest absolute Gasteiger partial charge is 0.480 e. The van der Waals surface area contributed by atoms with Crippen LogP contribution in [0.15, 0.2) is 29.1 Å². The Morgan fingerprint density at radius 1 is 1.27 bits per heavy atom. The summed E-state index contributed by atoms with van der Waals surface area (Å²) in [4.78, 5) is 32.5. The number of aromatic nitrogens is 2. The number of rotatable bonds is 8. The molecule has 0 aliphatic heterocycles. The second kappa shape index (κ2) is 8.70. The summed E-state index contributed by atoms with van der Waals surface area (Å²) in [6, 6.07) is 7.10. The maximum atomic E-state index is 13.6. The molecule has 7 heteroatoms. The molecule has 1 atom stereocenters. The molecule has 158 valence electrons. The summed E-state index contributed by atoms with van der Waals surface area (Å²) in [5, 5.41) is 10.6. The van der Waals surface area contributed by atoms with E-state index in [0.717, 1.165) is 40.8 Å². The number of hydrogen-bond donors (Lipinski definition) is 1. The molecule has 3 aromatic rings. The van der Waals surface area contributed by atoms with Gasteiger partial charge >= 0.3 is 5.97 Å². The van der Waals surface area contributed by atoms with E-state index in [9.17, 15) is 14.7 Å². The molecule has 0 fully saturated rings. The zero-order valence-electron chi connectivity index (χ0n) is 17.3. The maximum absolute atomic E-state index is 13.6. The van der Waals surface area contributed by atoms with Gasteiger partial charge in [0.05, 0.1) is 12.0 Å². The van der Waals surface area contributed by atoms with Gasteiger partial charge in [-0.3, -0.25) is 9.36 Å². The fraction of sp³-hybridized carbons (Fsp3) is 0.435. The lowest BCUT2D eigenvalue weighted by molar-refractivity contribution is -0.141. The maximum Gasteiger partial charge on any atom is 0.326 e. The number of thiophene rings is 1. The minimum atomic E-state index is -1.00. The van der Waals surface area contributed by atoms with Gasteiger partial charge < -0.3 is 9.84 Å². The van der Waals surface area contributed by atoms with Crippen LogP contribution in [0.1, 0.15) is 46.3 Å². The first kappa shape index (κ1) is 20.8. The summed E-state index contributed by atoms with van der Waals surface area (Å²) in [7, 11) is 1.59. The Labute approximate surface area is 179 Å². The number of nitrogens with zero attached hydrogens (tertiary/aromatic N) is 2. The molecule has 0 saturated carbocycles. The quantitative estimate of drug-likeness (QED) is 0.594. The van der Waals surface area contributed by atoms with Crippen molar-refractivity contribution < 1.29 is 14.6 Å². The third-order valence-corrected chi connectivity index (χ3v) is 6.98. The van der Waals surface area contributed by atoms with Gasteiger partial charge in [-0.2, -0.15) is 0 Å². The zero-order chi connectivity index (χ0) is 21.3. The van der Waals surface area contributed by atoms with Gasteiger partial charge in [-0.25, -0.2) is 9.78 Å². The highest BCUT2D eigenvalue weighted by Gasteiger charge is 2.28. The molecule has 1 aromatic carbocycles. The number of ether oxygens (including phenoxy) is 1. The van der Waals surface area contributed by atoms with Crippen molar-refractivity contribution in [3.63, 3.8) is 0 Å². The van der Waals surface area contributed by atoms with E-state index in [-0.39, 0.29) is 5.56 Å². The highest BCUT2D eigenvalue weighted by molar-refractivity contribution is 7.18. The van der Waals surface area contributed by atoms with Gasteiger partial charge in [-0.05, 0) is 50.2 Å². The van der Waals surface area contributed by atoms with Gasteiger partial charge in [0.2, 0.25) is 0 Å². The van der Waals surface area contributed by atoms with E-state index in [1.54, 1.807) is 18.4 Å². The third-order valence-electron chi connectivity index (χ3n) is 5.80. The molecule has 0 radical (unpaired) electrons. The Hall–Kier alpha value is -2.51. The second-order valence-electron chi connectivity index (χ2n) is 7.86. The van der Waals surface area contributed by atoms with Gasteiger partial charge in [0.15, 0.2) is 0 Å². The summed E-state index contributed by atoms with van der Waals surface area (Å²) in [6.45, 7) is 2.40. The van der Waals surface area contributed by atoms with Crippen LogP contribution < -0.4 is 5.56 Å². The zero-order valence-corrected chi connectivity index (χ0v) is 18.1. The summed E-state index contributed by atoms with van der Waals surface area (Å²) >= 11 is 1.58. The van der Waals surface area contributed by atoms with E-state index in [1.807, 2.05) is 31.2 Å². The Morgan fingerprint density at radius 2 is 2.03 bits per heavy atom. The Morgan fingerprint density at radius 3 is 2.73 bits per heavy atom. The number of carboxylic acids is 1. The fourth-order valence-corrected chi connectivity index (χ4v) is 5.48. The number of benzene rings is 1. The molecule has 4 rings (SSSR count). The first-order valence-corrected chi connectivity index (χ1v) is 11.1. The minimum absolute atomic E-state index is 0.221. The monoisotopic (exact) mass is 426 g/mol. The van der Waals surface area contributed by atoms with Crippen LogP contribution in [0, 0.1) is 6.92 Å². The standard InChI is InChI=1S/C23H26N2O4S/c1-14-6-8-15(9-7-14)10-11-17(23(27)28)25-19(12-13-29-2)24-21-20(22(25)26)16-4-3-5-18(16)30-21/h6-9,17H,3-5,10-13H2,1-2H3,(H,27,28). The van der Waals surface area contributed by atoms with Crippen LogP contribution >= 0.6 is 11.3 Å². The Bertz CT molecular complexity index is 1130. The molecular formula is C23H26N2O4S. The molecule has 0 saturated heterocycles. The van der Waals surface area contributed by atoms with E-state index in [2.05, 4.69) is 0 Å². The van der Waals surface area contributed by atoms with Crippen molar-refractivity contribution in [2.45, 2.75) is 51.5 Å². The predicted octanol–water partition coefficient (Wildman–Crippen LogP) is 3.70. The molecule has 0 bridgehead atoms. The topological polar surface area (TPSA) is 81.4 Å². The average molecular weight is 427 g/mol. The summed E-state index contributed by atoms with van der Waals surface area (Å²) in [5.41, 5.74) is 3.07. The molecule has 30 heavy (non-hydrogen) atoms. The smallest absolute Gasteiger partial charge is 0.326 e. The lowest BCUT2D eigenvalue weighted by Gasteiger charge is -2.20. The number of aryl methyl sites for hydroxylation is 4. The van der Waals surface area contributed by atoms with Gasteiger partial charge in [0.1, 0.15) is 16.7 Å². The van der Waals surface area contributed by atoms with Crippen molar-refractivity contribution in [1.82, 2.24) is 9.55 Å². The Balaban J connectivity index is 1.77. The summed E-state index contributed by atoms with van der Waals surface area (Å²) in [5.74, 6) is -0.513. The van der Waals surface area contributed by atoms with Crippen molar-refractivity contribution in [3.05, 3.63) is 62.0 Å². The SMILES string of the molecule is COCCc1nc2sc3c(c2c(=O)n1C(CCc1ccc(C)cc1)C(=O)O)CCC3. The molecule has 2 heterocycles. The first-order chi connectivity index (χ1) is 14.5. The molecule has 2 aromatic heterocycles. The molecular weight excluding hydrogens is 400 g/mol. The molecule has 1 aliphatic carbocycles. The Kier molecular flexibility index (Phi) is 6.01. The van der Waals surface area contributed by atoms with Gasteiger partial charge in [-0.1, -0.05) is 29.8 Å². The number of hydrogen-bond acceptors (Lipinski definition) is 5. The highest BCUT2D eigenvalue weighted by atomic mass is 32.1. The van der Waals surface area contributed by atoms with E-state index in [1.165, 1.54) is 9.44 Å². The number of methoxy groups -OCH3 is 1. The van der Waals surface area contributed by atoms with E-state index in [4.69, 9.17) is 9.72 Å². The lowest BCUT2D eigenvalue weighted by Crippen LogP contribution is -2.34. The fourth-order valence-electron chi connectivity index (χ4n) is 4.21. The van der Waals surface area contributed by atoms with E-state index >= 15 is 0 Å². The molecule has 1 aliphatic rings. The van der Waals surface area contributed by atoms with Crippen LogP contribution in [0.25, 0.3) is 10.2 Å². The number of carboxylic acid groups (broad SMARTS) is 1. The van der Waals surface area contributed by atoms with Crippen LogP contribution in [0.3, 0.4) is 0 Å². The van der Waals surface area contributed by atoms with Crippen molar-refractivity contribution in [3.8, 4) is 0 Å². The molecule has 0 amide bonds. The van der Waals surface area contributed by atoms with Crippen molar-refractivity contribution in [1.29, 1.82) is 0 Å². The first-order valence-electron chi connectivity index (χ1n) is 10.3.